The van der Waals surface area contributed by atoms with Gasteiger partial charge in [0.1, 0.15) is 0 Å². The SMILES string of the molecule is COc1nc(Cl)nc(-c2ccccc2)n1. The van der Waals surface area contributed by atoms with Crippen LogP contribution in [-0.2, 0) is 0 Å². The van der Waals surface area contributed by atoms with Gasteiger partial charge in [0.05, 0.1) is 7.11 Å². The predicted octanol–water partition coefficient (Wildman–Crippen LogP) is 2.20. The summed E-state index contributed by atoms with van der Waals surface area (Å²) in [5.41, 5.74) is 0.875. The second-order valence-corrected chi connectivity index (χ2v) is 3.12. The zero-order chi connectivity index (χ0) is 10.7. The minimum absolute atomic E-state index is 0.126. The van der Waals surface area contributed by atoms with Crippen molar-refractivity contribution in [1.29, 1.82) is 0 Å². The topological polar surface area (TPSA) is 47.9 Å². The highest BCUT2D eigenvalue weighted by atomic mass is 35.5. The van der Waals surface area contributed by atoms with Crippen molar-refractivity contribution in [1.82, 2.24) is 15.0 Å². The summed E-state index contributed by atoms with van der Waals surface area (Å²) in [6, 6.07) is 9.73. The molecule has 0 fully saturated rings. The third-order valence-corrected chi connectivity index (χ3v) is 1.97. The molecule has 0 saturated heterocycles. The Kier molecular flexibility index (Phi) is 2.78. The number of rotatable bonds is 2. The van der Waals surface area contributed by atoms with Crippen LogP contribution in [0.3, 0.4) is 0 Å². The number of ether oxygens (including phenoxy) is 1. The highest BCUT2D eigenvalue weighted by molar-refractivity contribution is 6.28. The lowest BCUT2D eigenvalue weighted by Gasteiger charge is -2.02. The van der Waals surface area contributed by atoms with E-state index in [2.05, 4.69) is 15.0 Å². The van der Waals surface area contributed by atoms with Gasteiger partial charge in [0, 0.05) is 5.56 Å². The van der Waals surface area contributed by atoms with Gasteiger partial charge in [-0.15, -0.1) is 0 Å². The van der Waals surface area contributed by atoms with E-state index in [4.69, 9.17) is 16.3 Å². The van der Waals surface area contributed by atoms with Crippen LogP contribution in [0.25, 0.3) is 11.4 Å². The van der Waals surface area contributed by atoms with E-state index in [0.717, 1.165) is 5.56 Å². The molecule has 4 nitrogen and oxygen atoms in total. The van der Waals surface area contributed by atoms with E-state index in [1.165, 1.54) is 7.11 Å². The Morgan fingerprint density at radius 2 is 1.80 bits per heavy atom. The number of nitrogens with zero attached hydrogens (tertiary/aromatic N) is 3. The first-order chi connectivity index (χ1) is 7.29. The number of hydrogen-bond acceptors (Lipinski definition) is 4. The normalized spacial score (nSPS) is 10.0. The maximum Gasteiger partial charge on any atom is 0.321 e. The van der Waals surface area contributed by atoms with Crippen molar-refractivity contribution in [2.75, 3.05) is 7.11 Å². The Morgan fingerprint density at radius 3 is 2.47 bits per heavy atom. The monoisotopic (exact) mass is 221 g/mol. The van der Waals surface area contributed by atoms with Crippen molar-refractivity contribution in [3.63, 3.8) is 0 Å². The summed E-state index contributed by atoms with van der Waals surface area (Å²) < 4.78 is 4.91. The standard InChI is InChI=1S/C10H8ClN3O/c1-15-10-13-8(12-9(11)14-10)7-5-3-2-4-6-7/h2-6H,1H3. The molecule has 0 aliphatic heterocycles. The molecule has 0 unspecified atom stereocenters. The lowest BCUT2D eigenvalue weighted by atomic mass is 10.2. The Morgan fingerprint density at radius 1 is 1.07 bits per heavy atom. The molecule has 5 heteroatoms. The molecule has 0 aliphatic carbocycles. The molecular formula is C10H8ClN3O. The third kappa shape index (κ3) is 2.22. The number of aromatic nitrogens is 3. The second kappa shape index (κ2) is 4.23. The number of methoxy groups -OCH3 is 1. The van der Waals surface area contributed by atoms with Gasteiger partial charge in [0.25, 0.3) is 0 Å². The summed E-state index contributed by atoms with van der Waals surface area (Å²) in [4.78, 5) is 11.9. The predicted molar refractivity (Wildman–Crippen MR) is 56.8 cm³/mol. The molecule has 1 heterocycles. The van der Waals surface area contributed by atoms with Crippen LogP contribution in [0.5, 0.6) is 6.01 Å². The maximum atomic E-state index is 5.74. The maximum absolute atomic E-state index is 5.74. The Balaban J connectivity index is 2.49. The van der Waals surface area contributed by atoms with E-state index >= 15 is 0 Å². The fourth-order valence-corrected chi connectivity index (χ4v) is 1.29. The van der Waals surface area contributed by atoms with Gasteiger partial charge in [-0.3, -0.25) is 0 Å². The van der Waals surface area contributed by atoms with Gasteiger partial charge in [0.2, 0.25) is 5.28 Å². The van der Waals surface area contributed by atoms with Gasteiger partial charge in [-0.2, -0.15) is 15.0 Å². The smallest absolute Gasteiger partial charge is 0.321 e. The van der Waals surface area contributed by atoms with E-state index in [-0.39, 0.29) is 11.3 Å². The summed E-state index contributed by atoms with van der Waals surface area (Å²) in [5.74, 6) is 0.507. The van der Waals surface area contributed by atoms with Crippen LogP contribution in [0, 0.1) is 0 Å². The zero-order valence-corrected chi connectivity index (χ0v) is 8.77. The summed E-state index contributed by atoms with van der Waals surface area (Å²) >= 11 is 5.74. The van der Waals surface area contributed by atoms with E-state index in [0.29, 0.717) is 5.82 Å². The molecule has 2 rings (SSSR count). The molecule has 1 aromatic heterocycles. The molecule has 1 aromatic carbocycles. The van der Waals surface area contributed by atoms with Crippen LogP contribution in [0.15, 0.2) is 30.3 Å². The van der Waals surface area contributed by atoms with Gasteiger partial charge in [0.15, 0.2) is 5.82 Å². The zero-order valence-electron chi connectivity index (χ0n) is 8.01. The molecule has 0 saturated carbocycles. The van der Waals surface area contributed by atoms with E-state index in [1.807, 2.05) is 30.3 Å². The minimum atomic E-state index is 0.126. The first-order valence-corrected chi connectivity index (χ1v) is 4.68. The Labute approximate surface area is 91.9 Å². The first kappa shape index (κ1) is 9.86. The van der Waals surface area contributed by atoms with Gasteiger partial charge in [-0.25, -0.2) is 0 Å². The molecule has 0 bridgehead atoms. The lowest BCUT2D eigenvalue weighted by molar-refractivity contribution is 0.379. The molecule has 0 aliphatic rings. The molecule has 2 aromatic rings. The Hall–Kier alpha value is -1.68. The third-order valence-electron chi connectivity index (χ3n) is 1.80. The first-order valence-electron chi connectivity index (χ1n) is 4.30. The molecule has 0 radical (unpaired) electrons. The van der Waals surface area contributed by atoms with Crippen molar-refractivity contribution >= 4 is 11.6 Å². The summed E-state index contributed by atoms with van der Waals surface area (Å²) in [6.07, 6.45) is 0. The highest BCUT2D eigenvalue weighted by Gasteiger charge is 2.06. The largest absolute Gasteiger partial charge is 0.467 e. The van der Waals surface area contributed by atoms with Gasteiger partial charge >= 0.3 is 6.01 Å². The van der Waals surface area contributed by atoms with Gasteiger partial charge < -0.3 is 4.74 Å². The molecular weight excluding hydrogens is 214 g/mol. The van der Waals surface area contributed by atoms with Crippen molar-refractivity contribution in [2.24, 2.45) is 0 Å². The lowest BCUT2D eigenvalue weighted by Crippen LogP contribution is -1.97. The second-order valence-electron chi connectivity index (χ2n) is 2.78. The summed E-state index contributed by atoms with van der Waals surface area (Å²) in [6.45, 7) is 0. The molecule has 0 N–H and O–H groups in total. The van der Waals surface area contributed by atoms with E-state index in [9.17, 15) is 0 Å². The van der Waals surface area contributed by atoms with Crippen molar-refractivity contribution in [2.45, 2.75) is 0 Å². The number of benzene rings is 1. The van der Waals surface area contributed by atoms with Crippen molar-refractivity contribution in [3.8, 4) is 17.4 Å². The number of halogens is 1. The molecule has 76 valence electrons. The minimum Gasteiger partial charge on any atom is -0.467 e. The fraction of sp³-hybridized carbons (Fsp3) is 0.100. The molecule has 0 spiro atoms. The number of hydrogen-bond donors (Lipinski definition) is 0. The summed E-state index contributed by atoms with van der Waals surface area (Å²) in [7, 11) is 1.49. The van der Waals surface area contributed by atoms with Crippen LogP contribution in [0.2, 0.25) is 5.28 Å². The van der Waals surface area contributed by atoms with Gasteiger partial charge in [-0.05, 0) is 11.6 Å². The van der Waals surface area contributed by atoms with Crippen molar-refractivity contribution in [3.05, 3.63) is 35.6 Å². The quantitative estimate of drug-likeness (QED) is 0.780. The summed E-state index contributed by atoms with van der Waals surface area (Å²) in [5, 5.41) is 0.126. The van der Waals surface area contributed by atoms with Crippen LogP contribution in [0.1, 0.15) is 0 Å². The fourth-order valence-electron chi connectivity index (χ4n) is 1.14. The molecule has 0 atom stereocenters. The van der Waals surface area contributed by atoms with E-state index < -0.39 is 0 Å². The van der Waals surface area contributed by atoms with E-state index in [1.54, 1.807) is 0 Å². The van der Waals surface area contributed by atoms with Crippen LogP contribution in [-0.4, -0.2) is 22.1 Å². The molecule has 0 amide bonds. The Bertz CT molecular complexity index is 461. The van der Waals surface area contributed by atoms with Crippen LogP contribution < -0.4 is 4.74 Å². The highest BCUT2D eigenvalue weighted by Crippen LogP contribution is 2.17. The van der Waals surface area contributed by atoms with Gasteiger partial charge in [-0.1, -0.05) is 30.3 Å². The average molecular weight is 222 g/mol. The van der Waals surface area contributed by atoms with Crippen LogP contribution >= 0.6 is 11.6 Å². The van der Waals surface area contributed by atoms with Crippen LogP contribution in [0.4, 0.5) is 0 Å². The molecule has 15 heavy (non-hydrogen) atoms. The average Bonchev–Trinajstić information content (AvgIpc) is 2.29. The van der Waals surface area contributed by atoms with Crippen molar-refractivity contribution < 1.29 is 4.74 Å².